The Balaban J connectivity index is 1.71. The van der Waals surface area contributed by atoms with E-state index in [4.69, 9.17) is 4.42 Å². The topological polar surface area (TPSA) is 103 Å². The van der Waals surface area contributed by atoms with Gasteiger partial charge in [-0.2, -0.15) is 0 Å². The van der Waals surface area contributed by atoms with Crippen molar-refractivity contribution in [1.29, 1.82) is 0 Å². The van der Waals surface area contributed by atoms with Gasteiger partial charge < -0.3 is 24.4 Å². The Morgan fingerprint density at radius 2 is 1.88 bits per heavy atom. The maximum atomic E-state index is 12.6. The van der Waals surface area contributed by atoms with Crippen LogP contribution in [0, 0.1) is 0 Å². The number of nitrogens with zero attached hydrogens (tertiary/aromatic N) is 3. The molecule has 26 heavy (non-hydrogen) atoms. The third-order valence-corrected chi connectivity index (χ3v) is 6.40. The molecule has 1 N–H and O–H groups in total. The van der Waals surface area contributed by atoms with Gasteiger partial charge >= 0.3 is 6.03 Å². The van der Waals surface area contributed by atoms with Crippen molar-refractivity contribution in [2.24, 2.45) is 0 Å². The number of likely N-dealkylation sites (N-methyl/N-ethyl adjacent to an activating group) is 1. The molecule has 144 valence electrons. The normalized spacial score (nSPS) is 24.6. The van der Waals surface area contributed by atoms with Gasteiger partial charge in [0.2, 0.25) is 5.91 Å². The van der Waals surface area contributed by atoms with Crippen LogP contribution in [-0.2, 0) is 21.2 Å². The van der Waals surface area contributed by atoms with E-state index in [9.17, 15) is 18.0 Å². The lowest BCUT2D eigenvalue weighted by Gasteiger charge is -2.44. The van der Waals surface area contributed by atoms with Crippen molar-refractivity contribution in [3.05, 3.63) is 24.2 Å². The van der Waals surface area contributed by atoms with Gasteiger partial charge in [0.1, 0.15) is 5.76 Å². The summed E-state index contributed by atoms with van der Waals surface area (Å²) in [5, 5.41) is 2.76. The minimum Gasteiger partial charge on any atom is -0.467 e. The molecule has 0 aromatic carbocycles. The molecule has 3 rings (SSSR count). The molecular weight excluding hydrogens is 360 g/mol. The molecule has 2 aliphatic rings. The zero-order valence-corrected chi connectivity index (χ0v) is 15.7. The van der Waals surface area contributed by atoms with E-state index in [1.54, 1.807) is 36.0 Å². The van der Waals surface area contributed by atoms with E-state index in [-0.39, 0.29) is 36.5 Å². The summed E-state index contributed by atoms with van der Waals surface area (Å²) < 4.78 is 29.5. The molecule has 1 aromatic heterocycles. The van der Waals surface area contributed by atoms with Crippen LogP contribution in [-0.4, -0.2) is 92.4 Å². The van der Waals surface area contributed by atoms with Gasteiger partial charge in [-0.15, -0.1) is 0 Å². The number of urea groups is 1. The molecule has 3 amide bonds. The SMILES string of the molecule is CN(C)CC(=O)N1CCN(C(=O)NCc2ccco2)[C@H]2CS(=O)(=O)C[C@H]21. The van der Waals surface area contributed by atoms with E-state index in [1.165, 1.54) is 11.2 Å². The van der Waals surface area contributed by atoms with Gasteiger partial charge in [-0.05, 0) is 26.2 Å². The van der Waals surface area contributed by atoms with Crippen LogP contribution in [0.1, 0.15) is 5.76 Å². The Morgan fingerprint density at radius 1 is 1.23 bits per heavy atom. The number of piperazine rings is 1. The smallest absolute Gasteiger partial charge is 0.318 e. The first-order valence-corrected chi connectivity index (χ1v) is 10.3. The number of carbonyl (C=O) groups excluding carboxylic acids is 2. The summed E-state index contributed by atoms with van der Waals surface area (Å²) in [7, 11) is 0.286. The fourth-order valence-corrected chi connectivity index (χ4v) is 5.53. The highest BCUT2D eigenvalue weighted by atomic mass is 32.2. The van der Waals surface area contributed by atoms with Gasteiger partial charge in [-0.3, -0.25) is 4.79 Å². The maximum Gasteiger partial charge on any atom is 0.318 e. The Morgan fingerprint density at radius 3 is 2.50 bits per heavy atom. The number of amides is 3. The van der Waals surface area contributed by atoms with Gasteiger partial charge in [0.15, 0.2) is 9.84 Å². The van der Waals surface area contributed by atoms with Crippen molar-refractivity contribution in [2.75, 3.05) is 45.2 Å². The summed E-state index contributed by atoms with van der Waals surface area (Å²) in [6.45, 7) is 1.08. The van der Waals surface area contributed by atoms with E-state index >= 15 is 0 Å². The molecule has 1 aromatic rings. The van der Waals surface area contributed by atoms with E-state index in [0.29, 0.717) is 18.8 Å². The van der Waals surface area contributed by atoms with Crippen LogP contribution in [0.15, 0.2) is 22.8 Å². The maximum absolute atomic E-state index is 12.6. The fourth-order valence-electron chi connectivity index (χ4n) is 3.55. The van der Waals surface area contributed by atoms with Crippen LogP contribution in [0.2, 0.25) is 0 Å². The van der Waals surface area contributed by atoms with Crippen LogP contribution in [0.4, 0.5) is 4.79 Å². The Labute approximate surface area is 152 Å². The lowest BCUT2D eigenvalue weighted by Crippen LogP contribution is -2.64. The van der Waals surface area contributed by atoms with Crippen molar-refractivity contribution in [2.45, 2.75) is 18.6 Å². The van der Waals surface area contributed by atoms with Gasteiger partial charge in [0, 0.05) is 13.1 Å². The van der Waals surface area contributed by atoms with E-state index in [2.05, 4.69) is 5.32 Å². The molecule has 10 heteroatoms. The van der Waals surface area contributed by atoms with Gasteiger partial charge in [-0.1, -0.05) is 0 Å². The van der Waals surface area contributed by atoms with E-state index in [1.807, 2.05) is 0 Å². The highest BCUT2D eigenvalue weighted by Crippen LogP contribution is 2.27. The number of hydrogen-bond acceptors (Lipinski definition) is 6. The Hall–Kier alpha value is -2.07. The molecule has 2 aliphatic heterocycles. The molecule has 0 spiro atoms. The van der Waals surface area contributed by atoms with Crippen molar-refractivity contribution in [3.63, 3.8) is 0 Å². The molecule has 0 aliphatic carbocycles. The second-order valence-electron chi connectivity index (χ2n) is 6.97. The summed E-state index contributed by atoms with van der Waals surface area (Å²) in [4.78, 5) is 30.0. The van der Waals surface area contributed by atoms with E-state index < -0.39 is 21.9 Å². The molecule has 0 radical (unpaired) electrons. The number of nitrogens with one attached hydrogen (secondary N) is 1. The van der Waals surface area contributed by atoms with Crippen LogP contribution in [0.25, 0.3) is 0 Å². The largest absolute Gasteiger partial charge is 0.467 e. The van der Waals surface area contributed by atoms with Crippen LogP contribution in [0.3, 0.4) is 0 Å². The third kappa shape index (κ3) is 4.01. The zero-order valence-electron chi connectivity index (χ0n) is 14.9. The number of rotatable bonds is 4. The fraction of sp³-hybridized carbons (Fsp3) is 0.625. The minimum absolute atomic E-state index is 0.0984. The van der Waals surface area contributed by atoms with Gasteiger partial charge in [0.05, 0.1) is 42.9 Å². The summed E-state index contributed by atoms with van der Waals surface area (Å²) in [5.41, 5.74) is 0. The monoisotopic (exact) mass is 384 g/mol. The first kappa shape index (κ1) is 18.7. The molecule has 2 saturated heterocycles. The van der Waals surface area contributed by atoms with E-state index in [0.717, 1.165) is 0 Å². The quantitative estimate of drug-likeness (QED) is 0.741. The standard InChI is InChI=1S/C16H24N4O5S/c1-18(2)9-15(21)19-5-6-20(14-11-26(23,24)10-13(14)19)16(22)17-8-12-4-3-7-25-12/h3-4,7,13-14H,5-6,8-11H2,1-2H3,(H,17,22)/t13-,14+/m1/s1. The average Bonchev–Trinajstić information content (AvgIpc) is 3.16. The Kier molecular flexibility index (Phi) is 5.24. The molecule has 2 fully saturated rings. The minimum atomic E-state index is -3.30. The van der Waals surface area contributed by atoms with Crippen molar-refractivity contribution < 1.29 is 22.4 Å². The van der Waals surface area contributed by atoms with Crippen molar-refractivity contribution in [1.82, 2.24) is 20.0 Å². The number of sulfone groups is 1. The summed E-state index contributed by atoms with van der Waals surface area (Å²) in [6, 6.07) is 2.14. The second kappa shape index (κ2) is 7.28. The predicted octanol–water partition coefficient (Wildman–Crippen LogP) is -0.639. The van der Waals surface area contributed by atoms with Gasteiger partial charge in [0.25, 0.3) is 0 Å². The van der Waals surface area contributed by atoms with Crippen molar-refractivity contribution >= 4 is 21.8 Å². The molecule has 0 bridgehead atoms. The summed E-state index contributed by atoms with van der Waals surface area (Å²) >= 11 is 0. The highest BCUT2D eigenvalue weighted by Gasteiger charge is 2.49. The molecule has 3 heterocycles. The molecule has 9 nitrogen and oxygen atoms in total. The van der Waals surface area contributed by atoms with Crippen molar-refractivity contribution in [3.8, 4) is 0 Å². The molecule has 0 saturated carbocycles. The number of fused-ring (bicyclic) bond motifs is 1. The first-order valence-electron chi connectivity index (χ1n) is 8.48. The zero-order chi connectivity index (χ0) is 18.9. The molecule has 2 atom stereocenters. The summed E-state index contributed by atoms with van der Waals surface area (Å²) in [5.74, 6) is 0.294. The second-order valence-corrected chi connectivity index (χ2v) is 9.12. The lowest BCUT2D eigenvalue weighted by molar-refractivity contribution is -0.136. The van der Waals surface area contributed by atoms with Crippen LogP contribution < -0.4 is 5.32 Å². The number of carbonyl (C=O) groups is 2. The molecular formula is C16H24N4O5S. The number of furan rings is 1. The number of hydrogen-bond donors (Lipinski definition) is 1. The van der Waals surface area contributed by atoms with Crippen LogP contribution >= 0.6 is 0 Å². The molecule has 0 unspecified atom stereocenters. The highest BCUT2D eigenvalue weighted by molar-refractivity contribution is 7.91. The van der Waals surface area contributed by atoms with Gasteiger partial charge in [-0.25, -0.2) is 13.2 Å². The lowest BCUT2D eigenvalue weighted by atomic mass is 10.0. The summed E-state index contributed by atoms with van der Waals surface area (Å²) in [6.07, 6.45) is 1.52. The first-order chi connectivity index (χ1) is 12.3. The predicted molar refractivity (Wildman–Crippen MR) is 94.1 cm³/mol. The van der Waals surface area contributed by atoms with Crippen LogP contribution in [0.5, 0.6) is 0 Å². The Bertz CT molecular complexity index is 762. The third-order valence-electron chi connectivity index (χ3n) is 4.70. The average molecular weight is 384 g/mol.